The molecule has 0 aromatic carbocycles. The molecule has 72 heavy (non-hydrogen) atoms. The van der Waals surface area contributed by atoms with Crippen molar-refractivity contribution in [2.75, 3.05) is 19.8 Å². The first-order valence-electron chi connectivity index (χ1n) is 26.7. The third-order valence-electron chi connectivity index (χ3n) is 10.4. The van der Waals surface area contributed by atoms with Crippen LogP contribution in [0.4, 0.5) is 0 Å². The second-order valence-corrected chi connectivity index (χ2v) is 17.6. The molecule has 396 valence electrons. The number of pyridine rings is 5. The second-order valence-electron chi connectivity index (χ2n) is 17.6. The lowest BCUT2D eigenvalue weighted by molar-refractivity contribution is 0.164. The van der Waals surface area contributed by atoms with Gasteiger partial charge in [0, 0.05) is 66.4 Å². The highest BCUT2D eigenvalue weighted by Gasteiger charge is 2.20. The fourth-order valence-electron chi connectivity index (χ4n) is 6.92. The maximum atomic E-state index is 5.40. The van der Waals surface area contributed by atoms with Crippen molar-refractivity contribution in [1.82, 2.24) is 43.5 Å². The summed E-state index contributed by atoms with van der Waals surface area (Å²) < 4.78 is 22.4. The minimum Gasteiger partial charge on any atom is -0.491 e. The molecule has 0 amide bonds. The van der Waals surface area contributed by atoms with Gasteiger partial charge in [0.1, 0.15) is 30.9 Å². The zero-order valence-electron chi connectivity index (χ0n) is 48.3. The van der Waals surface area contributed by atoms with Crippen LogP contribution >= 0.6 is 0 Å². The monoisotopic (exact) mass is 988 g/mol. The minimum atomic E-state index is 0.137. The highest BCUT2D eigenvalue weighted by atomic mass is 16.6. The first-order chi connectivity index (χ1) is 34.7. The number of nitrogens with zero attached hydrogens (tertiary/aromatic N) is 9. The lowest BCUT2D eigenvalue weighted by atomic mass is 9.91. The number of rotatable bonds is 4. The van der Waals surface area contributed by atoms with Crippen LogP contribution in [0.2, 0.25) is 0 Å². The predicted molar refractivity (Wildman–Crippen MR) is 305 cm³/mol. The van der Waals surface area contributed by atoms with Gasteiger partial charge in [0.15, 0.2) is 11.4 Å². The fraction of sp³-hybridized carbons (Fsp3) is 0.500. The Labute approximate surface area is 435 Å². The molecule has 2 aliphatic rings. The molecule has 0 fully saturated rings. The molecule has 0 N–H and O–H groups in total. The fourth-order valence-corrected chi connectivity index (χ4v) is 6.92. The van der Waals surface area contributed by atoms with Crippen LogP contribution in [0.15, 0.2) is 110 Å². The van der Waals surface area contributed by atoms with Gasteiger partial charge in [0.25, 0.3) is 5.88 Å². The maximum Gasteiger partial charge on any atom is 0.257 e. The summed E-state index contributed by atoms with van der Waals surface area (Å²) in [6, 6.07) is 22.9. The van der Waals surface area contributed by atoms with Crippen molar-refractivity contribution in [1.29, 1.82) is 0 Å². The van der Waals surface area contributed by atoms with Crippen molar-refractivity contribution >= 4 is 22.3 Å². The summed E-state index contributed by atoms with van der Waals surface area (Å²) in [7, 11) is 0. The van der Waals surface area contributed by atoms with Crippen molar-refractivity contribution in [3.8, 4) is 17.4 Å². The smallest absolute Gasteiger partial charge is 0.257 e. The number of ether oxygens (including phenoxy) is 3. The highest BCUT2D eigenvalue weighted by Crippen LogP contribution is 2.30. The maximum absolute atomic E-state index is 5.40. The second kappa shape index (κ2) is 34.1. The Morgan fingerprint density at radius 1 is 0.528 bits per heavy atom. The van der Waals surface area contributed by atoms with Crippen LogP contribution in [0.5, 0.6) is 17.4 Å². The van der Waals surface area contributed by atoms with Gasteiger partial charge in [-0.25, -0.2) is 9.97 Å². The van der Waals surface area contributed by atoms with Crippen LogP contribution in [0.25, 0.3) is 22.3 Å². The summed E-state index contributed by atoms with van der Waals surface area (Å²) >= 11 is 0. The molecule has 8 aromatic heterocycles. The van der Waals surface area contributed by atoms with E-state index in [1.165, 1.54) is 16.6 Å². The van der Waals surface area contributed by atoms with Gasteiger partial charge < -0.3 is 23.2 Å². The molecule has 2 aliphatic heterocycles. The van der Waals surface area contributed by atoms with E-state index in [1.807, 2.05) is 135 Å². The SMILES string of the molecule is CC.CC.CC.CC.CC.CC(C)(C)c1ccc2c(n1)CCO2.CC(C)c1ccc2c(n1)OCCO2.CC(C)c1cccn2ccnc12.CC(C)c1cccn2cnnc12.CC(C)n1ccc2ncccc21. The van der Waals surface area contributed by atoms with Gasteiger partial charge in [0.2, 0.25) is 0 Å². The number of fused-ring (bicyclic) bond motifs is 5. The van der Waals surface area contributed by atoms with E-state index in [2.05, 4.69) is 158 Å². The van der Waals surface area contributed by atoms with E-state index in [9.17, 15) is 0 Å². The molecule has 0 saturated heterocycles. The highest BCUT2D eigenvalue weighted by molar-refractivity contribution is 5.75. The molecule has 0 spiro atoms. The summed E-state index contributed by atoms with van der Waals surface area (Å²) in [5, 5.41) is 7.91. The molecule has 0 radical (unpaired) electrons. The molecular weight excluding hydrogens is 895 g/mol. The lowest BCUT2D eigenvalue weighted by Gasteiger charge is -2.18. The van der Waals surface area contributed by atoms with Crippen LogP contribution < -0.4 is 14.2 Å². The molecule has 0 aliphatic carbocycles. The van der Waals surface area contributed by atoms with Crippen LogP contribution in [-0.2, 0) is 11.8 Å². The van der Waals surface area contributed by atoms with Gasteiger partial charge >= 0.3 is 0 Å². The third kappa shape index (κ3) is 19.0. The molecule has 10 heterocycles. The van der Waals surface area contributed by atoms with Crippen molar-refractivity contribution in [3.63, 3.8) is 0 Å². The molecular formula is C60H93N9O3. The molecule has 0 atom stereocenters. The Balaban J connectivity index is 0.000000431. The average Bonchev–Trinajstić information content (AvgIpc) is 4.27. The summed E-state index contributed by atoms with van der Waals surface area (Å²) in [4.78, 5) is 17.5. The molecule has 0 unspecified atom stereocenters. The zero-order valence-corrected chi connectivity index (χ0v) is 48.3. The molecule has 12 nitrogen and oxygen atoms in total. The standard InChI is InChI=1S/C11H15NO.2C10H12N2.C10H13NO2.C9H11N3.5C2H6/c1-11(2,3)10-5-4-9-8(12-10)6-7-13-9;1-8(2)12-7-5-9-10(12)4-3-6-11-9;1-8(2)9-4-3-6-12-7-5-11-10(9)12;1-7(2)8-3-4-9-10(11-8)13-6-5-12-9;1-7(2)8-4-3-5-12-6-10-11-9(8)12;5*1-2/h4-5H,6-7H2,1-3H3;2*3-8H,1-2H3;3-4,7H,5-6H2,1-2H3;3-7H,1-2H3;5*1-2H3. The van der Waals surface area contributed by atoms with E-state index in [1.54, 1.807) is 6.33 Å². The summed E-state index contributed by atoms with van der Waals surface area (Å²) in [6.45, 7) is 45.8. The largest absolute Gasteiger partial charge is 0.491 e. The van der Waals surface area contributed by atoms with Crippen LogP contribution in [-0.4, -0.2) is 63.3 Å². The van der Waals surface area contributed by atoms with E-state index in [-0.39, 0.29) is 5.41 Å². The van der Waals surface area contributed by atoms with E-state index in [0.717, 1.165) is 58.4 Å². The van der Waals surface area contributed by atoms with Gasteiger partial charge in [-0.15, -0.1) is 10.2 Å². The predicted octanol–water partition coefficient (Wildman–Crippen LogP) is 16.3. The van der Waals surface area contributed by atoms with Gasteiger partial charge in [0.05, 0.1) is 23.3 Å². The summed E-state index contributed by atoms with van der Waals surface area (Å²) in [5.41, 5.74) is 10.3. The number of imidazole rings is 1. The third-order valence-corrected chi connectivity index (χ3v) is 10.4. The molecule has 10 rings (SSSR count). The van der Waals surface area contributed by atoms with E-state index in [4.69, 9.17) is 14.2 Å². The first kappa shape index (κ1) is 63.7. The Morgan fingerprint density at radius 3 is 1.74 bits per heavy atom. The van der Waals surface area contributed by atoms with Gasteiger partial charge in [-0.3, -0.25) is 14.4 Å². The topological polar surface area (TPSA) is 119 Å². The summed E-state index contributed by atoms with van der Waals surface area (Å²) in [6.07, 6.45) is 14.4. The van der Waals surface area contributed by atoms with Gasteiger partial charge in [-0.1, -0.05) is 144 Å². The quantitative estimate of drug-likeness (QED) is 0.170. The lowest BCUT2D eigenvalue weighted by Crippen LogP contribution is -2.16. The van der Waals surface area contributed by atoms with Crippen molar-refractivity contribution < 1.29 is 14.2 Å². The number of hydrogen-bond acceptors (Lipinski definition) is 9. The molecule has 12 heteroatoms. The van der Waals surface area contributed by atoms with Crippen LogP contribution in [0, 0.1) is 0 Å². The van der Waals surface area contributed by atoms with E-state index < -0.39 is 0 Å². The van der Waals surface area contributed by atoms with E-state index in [0.29, 0.717) is 42.9 Å². The van der Waals surface area contributed by atoms with E-state index >= 15 is 0 Å². The minimum absolute atomic E-state index is 0.137. The average molecular weight is 988 g/mol. The molecule has 0 saturated carbocycles. The van der Waals surface area contributed by atoms with Gasteiger partial charge in [-0.2, -0.15) is 0 Å². The molecule has 0 bridgehead atoms. The first-order valence-corrected chi connectivity index (χ1v) is 26.7. The van der Waals surface area contributed by atoms with Crippen molar-refractivity contribution in [2.45, 2.75) is 181 Å². The van der Waals surface area contributed by atoms with Crippen LogP contribution in [0.3, 0.4) is 0 Å². The number of hydrogen-bond donors (Lipinski definition) is 0. The zero-order chi connectivity index (χ0) is 54.4. The normalized spacial score (nSPS) is 11.5. The Bertz CT molecular complexity index is 2570. The number of aromatic nitrogens is 9. The Kier molecular flexibility index (Phi) is 30.2. The summed E-state index contributed by atoms with van der Waals surface area (Å²) in [5.74, 6) is 3.82. The van der Waals surface area contributed by atoms with Gasteiger partial charge in [-0.05, 0) is 97.3 Å². The Morgan fingerprint density at radius 2 is 1.12 bits per heavy atom. The molecule has 8 aromatic rings. The van der Waals surface area contributed by atoms with Crippen molar-refractivity contribution in [2.24, 2.45) is 0 Å². The Hall–Kier alpha value is -6.30. The van der Waals surface area contributed by atoms with Crippen LogP contribution in [0.1, 0.15) is 197 Å². The van der Waals surface area contributed by atoms with Crippen molar-refractivity contribution in [3.05, 3.63) is 138 Å².